The van der Waals surface area contributed by atoms with E-state index < -0.39 is 45.3 Å². The van der Waals surface area contributed by atoms with Crippen LogP contribution in [-0.2, 0) is 32.7 Å². The van der Waals surface area contributed by atoms with Crippen LogP contribution < -0.4 is 53.3 Å². The minimum atomic E-state index is -4.41. The molecule has 0 fully saturated rings. The molecule has 1 atom stereocenters. The van der Waals surface area contributed by atoms with Crippen molar-refractivity contribution in [3.8, 4) is 5.75 Å². The van der Waals surface area contributed by atoms with Crippen LogP contribution in [0.2, 0.25) is 0 Å². The highest BCUT2D eigenvalue weighted by Crippen LogP contribution is 2.30. The molecule has 0 bridgehead atoms. The number of pyridine rings is 1. The Labute approximate surface area is 424 Å². The average Bonchev–Trinajstić information content (AvgIpc) is 3.36. The van der Waals surface area contributed by atoms with Crippen LogP contribution in [0.1, 0.15) is 67.2 Å². The van der Waals surface area contributed by atoms with Gasteiger partial charge in [-0.25, -0.2) is 23.2 Å². The van der Waals surface area contributed by atoms with Gasteiger partial charge in [0.1, 0.15) is 11.8 Å². The molecule has 0 aliphatic rings. The first-order valence-electron chi connectivity index (χ1n) is 23.4. The fourth-order valence-corrected chi connectivity index (χ4v) is 8.66. The molecule has 0 spiro atoms. The molecule has 24 heteroatoms. The summed E-state index contributed by atoms with van der Waals surface area (Å²) in [5.41, 5.74) is 20.6. The van der Waals surface area contributed by atoms with Crippen LogP contribution in [0.15, 0.2) is 101 Å². The molecule has 74 heavy (non-hydrogen) atoms. The lowest BCUT2D eigenvalue weighted by Gasteiger charge is -2.18. The van der Waals surface area contributed by atoms with Gasteiger partial charge in [-0.1, -0.05) is 24.3 Å². The Morgan fingerprint density at radius 1 is 0.851 bits per heavy atom. The van der Waals surface area contributed by atoms with E-state index in [0.29, 0.717) is 67.4 Å². The number of hydrogen-bond donors (Lipinski definition) is 8. The number of hydrogen-bond acceptors (Lipinski definition) is 16. The number of aromatic nitrogens is 5. The topological polar surface area (TPSA) is 358 Å². The van der Waals surface area contributed by atoms with Gasteiger partial charge in [0.2, 0.25) is 22.9 Å². The Bertz CT molecular complexity index is 3360. The van der Waals surface area contributed by atoms with Crippen molar-refractivity contribution in [3.05, 3.63) is 135 Å². The number of fused-ring (bicyclic) bond motifs is 3. The molecular formula is C50H55N13O10S. The summed E-state index contributed by atoms with van der Waals surface area (Å²) in [6.07, 6.45) is 2.18. The zero-order valence-corrected chi connectivity index (χ0v) is 41.3. The number of benzene rings is 4. The number of H-pyrrole nitrogens is 1. The van der Waals surface area contributed by atoms with Gasteiger partial charge in [-0.15, -0.1) is 0 Å². The molecule has 3 amide bonds. The summed E-state index contributed by atoms with van der Waals surface area (Å²) >= 11 is 0. The molecule has 3 aromatic heterocycles. The van der Waals surface area contributed by atoms with Crippen molar-refractivity contribution in [3.63, 3.8) is 0 Å². The second kappa shape index (κ2) is 24.2. The van der Waals surface area contributed by atoms with E-state index in [0.717, 1.165) is 0 Å². The third-order valence-electron chi connectivity index (χ3n) is 11.6. The number of aromatic amines is 1. The average molecular weight is 1030 g/mol. The highest BCUT2D eigenvalue weighted by molar-refractivity contribution is 7.85. The molecule has 0 radical (unpaired) electrons. The van der Waals surface area contributed by atoms with Crippen molar-refractivity contribution >= 4 is 84.4 Å². The predicted molar refractivity (Wildman–Crippen MR) is 275 cm³/mol. The summed E-state index contributed by atoms with van der Waals surface area (Å²) in [6, 6.07) is 23.2. The largest absolute Gasteiger partial charge is 0.748 e. The van der Waals surface area contributed by atoms with Gasteiger partial charge in [-0.05, 0) is 86.3 Å². The van der Waals surface area contributed by atoms with Crippen LogP contribution >= 0.6 is 0 Å². The van der Waals surface area contributed by atoms with Crippen LogP contribution in [0.25, 0.3) is 33.0 Å². The summed E-state index contributed by atoms with van der Waals surface area (Å²) in [7, 11) is -4.41. The minimum Gasteiger partial charge on any atom is -0.748 e. The van der Waals surface area contributed by atoms with Crippen molar-refractivity contribution in [1.29, 1.82) is 0 Å². The number of rotatable bonds is 23. The van der Waals surface area contributed by atoms with Crippen molar-refractivity contribution in [2.24, 2.45) is 16.5 Å². The van der Waals surface area contributed by atoms with E-state index in [1.807, 2.05) is 16.7 Å². The smallest absolute Gasteiger partial charge is 0.345 e. The number of aryl methyl sites for hydroxylation is 3. The highest BCUT2D eigenvalue weighted by atomic mass is 32.2. The number of nitrogen functional groups attached to an aromatic ring is 1. The molecule has 3 heterocycles. The van der Waals surface area contributed by atoms with Crippen molar-refractivity contribution in [1.82, 2.24) is 35.9 Å². The molecule has 11 N–H and O–H groups in total. The molecule has 0 aliphatic heterocycles. The Morgan fingerprint density at radius 2 is 1.50 bits per heavy atom. The maximum atomic E-state index is 14.1. The standard InChI is InChI=1S/C50H55N13O10S/c1-29-25-32(26-30(2)42(29)73-48(68)40-35-9-3-5-12-38(35)63(21-8-24-74(69,70)71)39-13-6-4-10-36(39)40)44(64)54-19-22-72-23-20-55-46(66)37(11-7-18-56-49(51)52)60-45(65)31-14-16-33(17-15-31)57-27-34-28-58-43-41(59-34)47(67)62-50(53)61-43/h3-6,9-10,12-17,25-26,28,37H,7-8,11,18-24,27H2,1-2H3,(H11-,51,52,53,54,55,56,57,58,60,61,62,64,65,66,67,69,70,71). The zero-order valence-electron chi connectivity index (χ0n) is 40.5. The van der Waals surface area contributed by atoms with Gasteiger partial charge >= 0.3 is 5.97 Å². The van der Waals surface area contributed by atoms with E-state index in [9.17, 15) is 36.9 Å². The molecule has 386 valence electrons. The summed E-state index contributed by atoms with van der Waals surface area (Å²) < 4.78 is 47.7. The van der Waals surface area contributed by atoms with Crippen LogP contribution in [0.3, 0.4) is 0 Å². The zero-order chi connectivity index (χ0) is 52.9. The number of nitrogens with one attached hydrogen (secondary N) is 5. The molecule has 7 rings (SSSR count). The molecule has 7 aromatic rings. The molecule has 4 aromatic carbocycles. The fourth-order valence-electron chi connectivity index (χ4n) is 8.17. The molecule has 0 saturated heterocycles. The number of esters is 1. The number of anilines is 2. The van der Waals surface area contributed by atoms with Crippen LogP contribution in [-0.4, -0.2) is 107 Å². The minimum absolute atomic E-state index is 0.0503. The van der Waals surface area contributed by atoms with E-state index in [1.54, 1.807) is 86.6 Å². The Hall–Kier alpha value is -8.61. The van der Waals surface area contributed by atoms with E-state index in [2.05, 4.69) is 46.2 Å². The lowest BCUT2D eigenvalue weighted by atomic mass is 10.0. The fraction of sp³-hybridized carbons (Fsp3) is 0.280. The van der Waals surface area contributed by atoms with Crippen LogP contribution in [0.5, 0.6) is 5.75 Å². The van der Waals surface area contributed by atoms with E-state index in [-0.39, 0.29) is 93.5 Å². The lowest BCUT2D eigenvalue weighted by Crippen LogP contribution is -2.47. The lowest BCUT2D eigenvalue weighted by molar-refractivity contribution is -0.645. The Kier molecular flexibility index (Phi) is 17.4. The third kappa shape index (κ3) is 13.9. The van der Waals surface area contributed by atoms with Gasteiger partial charge in [0.05, 0.1) is 58.1 Å². The number of carbonyl (C=O) groups excluding carboxylic acids is 4. The van der Waals surface area contributed by atoms with Gasteiger partial charge in [0.15, 0.2) is 23.7 Å². The third-order valence-corrected chi connectivity index (χ3v) is 12.4. The molecular weight excluding hydrogens is 975 g/mol. The number of aliphatic imine (C=N–C) groups is 1. The molecule has 23 nitrogen and oxygen atoms in total. The summed E-state index contributed by atoms with van der Waals surface area (Å²) in [4.78, 5) is 85.0. The quantitative estimate of drug-likeness (QED) is 0.00664. The molecule has 0 saturated carbocycles. The predicted octanol–water partition coefficient (Wildman–Crippen LogP) is 1.99. The Morgan fingerprint density at radius 3 is 2.15 bits per heavy atom. The second-order valence-electron chi connectivity index (χ2n) is 17.1. The van der Waals surface area contributed by atoms with E-state index >= 15 is 0 Å². The van der Waals surface area contributed by atoms with E-state index in [1.165, 1.54) is 6.20 Å². The molecule has 0 aliphatic carbocycles. The maximum absolute atomic E-state index is 14.1. The first-order chi connectivity index (χ1) is 35.4. The van der Waals surface area contributed by atoms with E-state index in [4.69, 9.17) is 26.7 Å². The number of para-hydroxylation sites is 2. The number of ether oxygens (including phenoxy) is 2. The number of nitrogens with two attached hydrogens (primary N) is 3. The summed E-state index contributed by atoms with van der Waals surface area (Å²) in [6.45, 7) is 4.63. The van der Waals surface area contributed by atoms with Gasteiger partial charge in [0, 0.05) is 60.8 Å². The first kappa shape index (κ1) is 53.2. The van der Waals surface area contributed by atoms with Gasteiger partial charge < -0.3 is 52.5 Å². The maximum Gasteiger partial charge on any atom is 0.345 e. The summed E-state index contributed by atoms with van der Waals surface area (Å²) in [5, 5.41) is 12.7. The van der Waals surface area contributed by atoms with Crippen molar-refractivity contribution in [2.45, 2.75) is 52.2 Å². The van der Waals surface area contributed by atoms with Gasteiger partial charge in [-0.3, -0.25) is 29.2 Å². The van der Waals surface area contributed by atoms with Crippen LogP contribution in [0.4, 0.5) is 11.6 Å². The van der Waals surface area contributed by atoms with Crippen molar-refractivity contribution in [2.75, 3.05) is 49.7 Å². The number of nitrogens with zero attached hydrogens (tertiary/aromatic N) is 5. The monoisotopic (exact) mass is 1030 g/mol. The number of amides is 3. The van der Waals surface area contributed by atoms with Gasteiger partial charge in [0.25, 0.3) is 17.4 Å². The SMILES string of the molecule is Cc1cc(C(=O)NCCOCCNC(=O)C(CCCN=C(N)N)NC(=O)c2ccc(NCc3cnc4nc(N)[nH]c(=O)c4n3)cc2)cc(C)c1OC(=O)c1c2ccccc2[n+](CCCS(=O)(=O)[O-])c2ccccc12. The normalized spacial score (nSPS) is 11.8. The second-order valence-corrected chi connectivity index (χ2v) is 18.6. The first-order valence-corrected chi connectivity index (χ1v) is 25.0. The van der Waals surface area contributed by atoms with Gasteiger partial charge in [-0.2, -0.15) is 9.55 Å². The highest BCUT2D eigenvalue weighted by Gasteiger charge is 2.27. The molecule has 1 unspecified atom stereocenters. The summed E-state index contributed by atoms with van der Waals surface area (Å²) in [5.74, 6) is -2.34. The van der Waals surface area contributed by atoms with Crippen LogP contribution in [0, 0.1) is 13.8 Å². The number of carbonyl (C=O) groups is 4. The number of guanidine groups is 1. The Balaban J connectivity index is 0.882. The van der Waals surface area contributed by atoms with Crippen molar-refractivity contribution < 1.29 is 46.2 Å².